The summed E-state index contributed by atoms with van der Waals surface area (Å²) in [5, 5.41) is 0. The van der Waals surface area contributed by atoms with Gasteiger partial charge in [0.1, 0.15) is 6.33 Å². The van der Waals surface area contributed by atoms with E-state index in [0.717, 1.165) is 5.56 Å². The fourth-order valence-corrected chi connectivity index (χ4v) is 1.91. The van der Waals surface area contributed by atoms with E-state index >= 15 is 0 Å². The molecule has 0 saturated heterocycles. The number of ether oxygens (including phenoxy) is 1. The minimum absolute atomic E-state index is 0.380. The van der Waals surface area contributed by atoms with Gasteiger partial charge in [0.25, 0.3) is 0 Å². The SMILES string of the molecule is COc1ncnc2c1nc(N)n2Cc1ccncc1. The van der Waals surface area contributed by atoms with Crippen LogP contribution in [0.3, 0.4) is 0 Å². The standard InChI is InChI=1S/C12H12N6O/c1-19-11-9-10(15-7-16-11)18(12(13)17-9)6-8-2-4-14-5-3-8/h2-5,7H,6H2,1H3,(H2,13,17). The van der Waals surface area contributed by atoms with Gasteiger partial charge < -0.3 is 10.5 Å². The quantitative estimate of drug-likeness (QED) is 0.747. The van der Waals surface area contributed by atoms with E-state index in [0.29, 0.717) is 29.5 Å². The Morgan fingerprint density at radius 3 is 2.79 bits per heavy atom. The summed E-state index contributed by atoms with van der Waals surface area (Å²) < 4.78 is 6.97. The Balaban J connectivity index is 2.11. The van der Waals surface area contributed by atoms with Crippen molar-refractivity contribution in [2.45, 2.75) is 6.54 Å². The highest BCUT2D eigenvalue weighted by Gasteiger charge is 2.14. The van der Waals surface area contributed by atoms with E-state index in [9.17, 15) is 0 Å². The molecule has 7 nitrogen and oxygen atoms in total. The van der Waals surface area contributed by atoms with E-state index in [1.165, 1.54) is 6.33 Å². The minimum Gasteiger partial charge on any atom is -0.479 e. The van der Waals surface area contributed by atoms with Crippen LogP contribution in [0.4, 0.5) is 5.95 Å². The molecule has 0 saturated carbocycles. The molecule has 0 unspecified atom stereocenters. The predicted molar refractivity (Wildman–Crippen MR) is 69.6 cm³/mol. The zero-order valence-corrected chi connectivity index (χ0v) is 10.3. The Morgan fingerprint density at radius 1 is 1.26 bits per heavy atom. The van der Waals surface area contributed by atoms with Crippen LogP contribution in [0.1, 0.15) is 5.56 Å². The van der Waals surface area contributed by atoms with Crippen LogP contribution >= 0.6 is 0 Å². The Labute approximate surface area is 109 Å². The number of fused-ring (bicyclic) bond motifs is 1. The van der Waals surface area contributed by atoms with Crippen molar-refractivity contribution in [3.63, 3.8) is 0 Å². The van der Waals surface area contributed by atoms with E-state index in [4.69, 9.17) is 10.5 Å². The fourth-order valence-electron chi connectivity index (χ4n) is 1.91. The van der Waals surface area contributed by atoms with Crippen molar-refractivity contribution < 1.29 is 4.74 Å². The van der Waals surface area contributed by atoms with E-state index in [1.54, 1.807) is 19.5 Å². The van der Waals surface area contributed by atoms with Crippen LogP contribution < -0.4 is 10.5 Å². The number of nitrogen functional groups attached to an aromatic ring is 1. The minimum atomic E-state index is 0.380. The second-order valence-corrected chi connectivity index (χ2v) is 3.97. The van der Waals surface area contributed by atoms with Crippen LogP contribution in [0.2, 0.25) is 0 Å². The normalized spacial score (nSPS) is 10.8. The number of hydrogen-bond donors (Lipinski definition) is 1. The Hall–Kier alpha value is -2.70. The maximum absolute atomic E-state index is 5.94. The van der Waals surface area contributed by atoms with E-state index in [-0.39, 0.29) is 0 Å². The topological polar surface area (TPSA) is 91.7 Å². The van der Waals surface area contributed by atoms with Crippen molar-refractivity contribution in [3.8, 4) is 5.88 Å². The van der Waals surface area contributed by atoms with Crippen molar-refractivity contribution in [3.05, 3.63) is 36.4 Å². The van der Waals surface area contributed by atoms with Crippen LogP contribution in [0.5, 0.6) is 5.88 Å². The molecular formula is C12H12N6O. The van der Waals surface area contributed by atoms with Crippen LogP contribution in [-0.2, 0) is 6.54 Å². The number of nitrogens with zero attached hydrogens (tertiary/aromatic N) is 5. The first-order chi connectivity index (χ1) is 9.29. The van der Waals surface area contributed by atoms with Gasteiger partial charge in [0.2, 0.25) is 11.8 Å². The van der Waals surface area contributed by atoms with Crippen LogP contribution in [0.25, 0.3) is 11.2 Å². The number of aromatic nitrogens is 5. The zero-order chi connectivity index (χ0) is 13.2. The van der Waals surface area contributed by atoms with Gasteiger partial charge in [-0.15, -0.1) is 0 Å². The zero-order valence-electron chi connectivity index (χ0n) is 10.3. The molecule has 96 valence electrons. The monoisotopic (exact) mass is 256 g/mol. The molecular weight excluding hydrogens is 244 g/mol. The van der Waals surface area contributed by atoms with Gasteiger partial charge in [-0.25, -0.2) is 9.97 Å². The second-order valence-electron chi connectivity index (χ2n) is 3.97. The Kier molecular flexibility index (Phi) is 2.71. The van der Waals surface area contributed by atoms with E-state index < -0.39 is 0 Å². The van der Waals surface area contributed by atoms with Crippen LogP contribution in [0.15, 0.2) is 30.9 Å². The third-order valence-corrected chi connectivity index (χ3v) is 2.81. The third-order valence-electron chi connectivity index (χ3n) is 2.81. The fraction of sp³-hybridized carbons (Fsp3) is 0.167. The molecule has 3 aromatic heterocycles. The summed E-state index contributed by atoms with van der Waals surface area (Å²) in [6.45, 7) is 0.574. The molecule has 0 fully saturated rings. The molecule has 0 radical (unpaired) electrons. The highest BCUT2D eigenvalue weighted by atomic mass is 16.5. The lowest BCUT2D eigenvalue weighted by Crippen LogP contribution is -2.05. The largest absolute Gasteiger partial charge is 0.479 e. The Morgan fingerprint density at radius 2 is 2.05 bits per heavy atom. The second kappa shape index (κ2) is 4.52. The Bertz CT molecular complexity index is 709. The van der Waals surface area contributed by atoms with Gasteiger partial charge >= 0.3 is 0 Å². The molecule has 0 bridgehead atoms. The molecule has 0 amide bonds. The summed E-state index contributed by atoms with van der Waals surface area (Å²) in [4.78, 5) is 16.5. The molecule has 0 aromatic carbocycles. The smallest absolute Gasteiger partial charge is 0.245 e. The van der Waals surface area contributed by atoms with Crippen LogP contribution in [0, 0.1) is 0 Å². The van der Waals surface area contributed by atoms with Gasteiger partial charge in [-0.1, -0.05) is 0 Å². The number of methoxy groups -OCH3 is 1. The molecule has 7 heteroatoms. The third kappa shape index (κ3) is 1.95. The maximum atomic E-state index is 5.94. The summed E-state index contributed by atoms with van der Waals surface area (Å²) in [6.07, 6.45) is 4.91. The number of imidazole rings is 1. The molecule has 3 aromatic rings. The highest BCUT2D eigenvalue weighted by molar-refractivity contribution is 5.79. The van der Waals surface area contributed by atoms with Gasteiger partial charge in [-0.3, -0.25) is 9.55 Å². The van der Waals surface area contributed by atoms with Gasteiger partial charge in [0.05, 0.1) is 13.7 Å². The van der Waals surface area contributed by atoms with Gasteiger partial charge in [0, 0.05) is 12.4 Å². The number of anilines is 1. The summed E-state index contributed by atoms with van der Waals surface area (Å²) in [5.41, 5.74) is 8.23. The number of rotatable bonds is 3. The summed E-state index contributed by atoms with van der Waals surface area (Å²) in [7, 11) is 1.54. The van der Waals surface area contributed by atoms with Crippen molar-refractivity contribution in [1.82, 2.24) is 24.5 Å². The lowest BCUT2D eigenvalue weighted by atomic mass is 10.3. The number of nitrogens with two attached hydrogens (primary N) is 1. The molecule has 0 aliphatic heterocycles. The molecule has 3 heterocycles. The molecule has 3 rings (SSSR count). The maximum Gasteiger partial charge on any atom is 0.245 e. The van der Waals surface area contributed by atoms with Crippen molar-refractivity contribution >= 4 is 17.1 Å². The van der Waals surface area contributed by atoms with E-state index in [2.05, 4.69) is 19.9 Å². The predicted octanol–water partition coefficient (Wildman–Crippen LogP) is 0.860. The average Bonchev–Trinajstić information content (AvgIpc) is 2.76. The molecule has 0 spiro atoms. The number of hydrogen-bond acceptors (Lipinski definition) is 6. The van der Waals surface area contributed by atoms with E-state index in [1.807, 2.05) is 16.7 Å². The molecule has 0 atom stereocenters. The summed E-state index contributed by atoms with van der Waals surface area (Å²) in [5.74, 6) is 0.802. The lowest BCUT2D eigenvalue weighted by Gasteiger charge is -2.05. The summed E-state index contributed by atoms with van der Waals surface area (Å²) >= 11 is 0. The van der Waals surface area contributed by atoms with Crippen LogP contribution in [-0.4, -0.2) is 31.6 Å². The first-order valence-electron chi connectivity index (χ1n) is 5.69. The molecule has 0 aliphatic rings. The van der Waals surface area contributed by atoms with Gasteiger partial charge in [-0.05, 0) is 17.7 Å². The molecule has 0 aliphatic carbocycles. The molecule has 19 heavy (non-hydrogen) atoms. The first kappa shape index (κ1) is 11.4. The van der Waals surface area contributed by atoms with Crippen molar-refractivity contribution in [1.29, 1.82) is 0 Å². The average molecular weight is 256 g/mol. The summed E-state index contributed by atoms with van der Waals surface area (Å²) in [6, 6.07) is 3.84. The highest BCUT2D eigenvalue weighted by Crippen LogP contribution is 2.23. The van der Waals surface area contributed by atoms with Gasteiger partial charge in [0.15, 0.2) is 11.2 Å². The van der Waals surface area contributed by atoms with Crippen molar-refractivity contribution in [2.75, 3.05) is 12.8 Å². The number of pyridine rings is 1. The first-order valence-corrected chi connectivity index (χ1v) is 5.69. The molecule has 2 N–H and O–H groups in total. The lowest BCUT2D eigenvalue weighted by molar-refractivity contribution is 0.401. The van der Waals surface area contributed by atoms with Crippen molar-refractivity contribution in [2.24, 2.45) is 0 Å². The van der Waals surface area contributed by atoms with Gasteiger partial charge in [-0.2, -0.15) is 4.98 Å².